The van der Waals surface area contributed by atoms with Gasteiger partial charge in [0.1, 0.15) is 5.82 Å². The first-order valence-corrected chi connectivity index (χ1v) is 5.22. The van der Waals surface area contributed by atoms with Crippen molar-refractivity contribution < 1.29 is 13.8 Å². The van der Waals surface area contributed by atoms with Crippen molar-refractivity contribution in [2.75, 3.05) is 5.73 Å². The summed E-state index contributed by atoms with van der Waals surface area (Å²) in [5.74, 6) is -0.242. The topological polar surface area (TPSA) is 95.2 Å². The third-order valence-corrected chi connectivity index (χ3v) is 2.53. The van der Waals surface area contributed by atoms with Crippen LogP contribution in [0.25, 0.3) is 11.3 Å². The lowest BCUT2D eigenvalue weighted by atomic mass is 10.1. The van der Waals surface area contributed by atoms with Gasteiger partial charge in [-0.1, -0.05) is 12.1 Å². The number of aromatic nitrogens is 1. The molecule has 2 N–H and O–H groups in total. The van der Waals surface area contributed by atoms with Crippen LogP contribution in [0.2, 0.25) is 0 Å². The molecule has 0 saturated carbocycles. The van der Waals surface area contributed by atoms with E-state index >= 15 is 0 Å². The summed E-state index contributed by atoms with van der Waals surface area (Å²) < 4.78 is 18.3. The van der Waals surface area contributed by atoms with Crippen LogP contribution in [0.1, 0.15) is 12.5 Å². The van der Waals surface area contributed by atoms with Crippen molar-refractivity contribution in [1.29, 1.82) is 0 Å². The maximum atomic E-state index is 13.3. The van der Waals surface area contributed by atoms with Gasteiger partial charge in [-0.2, -0.15) is 0 Å². The second-order valence-corrected chi connectivity index (χ2v) is 3.68. The van der Waals surface area contributed by atoms with Gasteiger partial charge in [-0.15, -0.1) is 0 Å². The van der Waals surface area contributed by atoms with Crippen molar-refractivity contribution in [3.8, 4) is 11.3 Å². The molecule has 0 aliphatic carbocycles. The van der Waals surface area contributed by atoms with Gasteiger partial charge in [-0.3, -0.25) is 10.1 Å². The number of halogens is 1. The van der Waals surface area contributed by atoms with E-state index in [1.807, 2.05) is 6.92 Å². The quantitative estimate of drug-likeness (QED) is 0.668. The summed E-state index contributed by atoms with van der Waals surface area (Å²) in [4.78, 5) is 10.00. The number of non-ortho nitro benzene ring substituents is 1. The van der Waals surface area contributed by atoms with Crippen LogP contribution in [0, 0.1) is 15.9 Å². The Morgan fingerprint density at radius 2 is 2.22 bits per heavy atom. The summed E-state index contributed by atoms with van der Waals surface area (Å²) in [7, 11) is 0. The summed E-state index contributed by atoms with van der Waals surface area (Å²) in [5, 5.41) is 14.2. The van der Waals surface area contributed by atoms with Crippen molar-refractivity contribution in [1.82, 2.24) is 5.16 Å². The third-order valence-electron chi connectivity index (χ3n) is 2.53. The van der Waals surface area contributed by atoms with Gasteiger partial charge in [-0.05, 0) is 12.5 Å². The first-order chi connectivity index (χ1) is 8.52. The molecule has 0 aliphatic heterocycles. The number of hydrogen-bond donors (Lipinski definition) is 1. The first kappa shape index (κ1) is 12.0. The first-order valence-electron chi connectivity index (χ1n) is 5.22. The number of hydrogen-bond acceptors (Lipinski definition) is 5. The number of rotatable bonds is 3. The lowest BCUT2D eigenvalue weighted by molar-refractivity contribution is -0.385. The molecule has 18 heavy (non-hydrogen) atoms. The molecule has 0 aliphatic rings. The zero-order chi connectivity index (χ0) is 13.3. The smallest absolute Gasteiger partial charge is 0.273 e. The Morgan fingerprint density at radius 3 is 2.83 bits per heavy atom. The summed E-state index contributed by atoms with van der Waals surface area (Å²) in [6.45, 7) is 1.83. The molecule has 2 aromatic rings. The highest BCUT2D eigenvalue weighted by atomic mass is 19.1. The van der Waals surface area contributed by atoms with Crippen molar-refractivity contribution in [2.45, 2.75) is 13.3 Å². The van der Waals surface area contributed by atoms with E-state index < -0.39 is 10.7 Å². The van der Waals surface area contributed by atoms with Crippen LogP contribution in [-0.4, -0.2) is 10.1 Å². The van der Waals surface area contributed by atoms with Crippen molar-refractivity contribution in [2.24, 2.45) is 0 Å². The highest BCUT2D eigenvalue weighted by molar-refractivity contribution is 5.68. The minimum Gasteiger partial charge on any atom is -0.381 e. The van der Waals surface area contributed by atoms with E-state index in [0.717, 1.165) is 12.1 Å². The summed E-state index contributed by atoms with van der Waals surface area (Å²) >= 11 is 0. The molecule has 0 bridgehead atoms. The van der Waals surface area contributed by atoms with Gasteiger partial charge in [0.2, 0.25) is 0 Å². The Kier molecular flexibility index (Phi) is 2.97. The second kappa shape index (κ2) is 4.44. The maximum absolute atomic E-state index is 13.3. The Morgan fingerprint density at radius 1 is 1.50 bits per heavy atom. The van der Waals surface area contributed by atoms with Gasteiger partial charge in [0.15, 0.2) is 11.6 Å². The molecule has 6 nitrogen and oxygen atoms in total. The number of anilines is 1. The Balaban J connectivity index is 2.60. The van der Waals surface area contributed by atoms with Gasteiger partial charge >= 0.3 is 0 Å². The molecule has 0 unspecified atom stereocenters. The molecule has 94 valence electrons. The molecular formula is C11H10FN3O3. The van der Waals surface area contributed by atoms with E-state index in [1.54, 1.807) is 0 Å². The fourth-order valence-corrected chi connectivity index (χ4v) is 1.70. The lowest BCUT2D eigenvalue weighted by Crippen LogP contribution is -1.93. The zero-order valence-electron chi connectivity index (χ0n) is 9.51. The molecule has 7 heteroatoms. The van der Waals surface area contributed by atoms with Crippen LogP contribution in [0.3, 0.4) is 0 Å². The fourth-order valence-electron chi connectivity index (χ4n) is 1.70. The minimum absolute atomic E-state index is 0.208. The largest absolute Gasteiger partial charge is 0.381 e. The van der Waals surface area contributed by atoms with E-state index in [0.29, 0.717) is 12.0 Å². The summed E-state index contributed by atoms with van der Waals surface area (Å²) in [5.41, 5.74) is 6.11. The highest BCUT2D eigenvalue weighted by Crippen LogP contribution is 2.31. The van der Waals surface area contributed by atoms with E-state index in [4.69, 9.17) is 10.3 Å². The van der Waals surface area contributed by atoms with Crippen LogP contribution in [0.15, 0.2) is 22.7 Å². The number of nitrogens with two attached hydrogens (primary N) is 1. The molecule has 1 aromatic carbocycles. The van der Waals surface area contributed by atoms with Crippen LogP contribution >= 0.6 is 0 Å². The predicted molar refractivity (Wildman–Crippen MR) is 62.3 cm³/mol. The predicted octanol–water partition coefficient (Wildman–Crippen LogP) is 2.53. The summed E-state index contributed by atoms with van der Waals surface area (Å²) in [6, 6.07) is 3.21. The van der Waals surface area contributed by atoms with Crippen LogP contribution < -0.4 is 5.73 Å². The number of nitrogen functional groups attached to an aromatic ring is 1. The van der Waals surface area contributed by atoms with E-state index in [9.17, 15) is 14.5 Å². The molecule has 0 saturated heterocycles. The molecule has 0 amide bonds. The number of nitrogens with zero attached hydrogens (tertiary/aromatic N) is 2. The summed E-state index contributed by atoms with van der Waals surface area (Å²) in [6.07, 6.45) is 0.537. The number of nitro benzene ring substituents is 1. The number of nitro groups is 1. The van der Waals surface area contributed by atoms with Crippen LogP contribution in [0.5, 0.6) is 0 Å². The average Bonchev–Trinajstić information content (AvgIpc) is 2.69. The highest BCUT2D eigenvalue weighted by Gasteiger charge is 2.18. The van der Waals surface area contributed by atoms with Crippen LogP contribution in [-0.2, 0) is 6.42 Å². The SMILES string of the molecule is CCc1c(N)noc1-c1cc(F)cc([N+](=O)[O-])c1. The normalized spacial score (nSPS) is 10.6. The van der Waals surface area contributed by atoms with Gasteiger partial charge in [0.25, 0.3) is 5.69 Å². The molecule has 2 rings (SSSR count). The molecule has 0 radical (unpaired) electrons. The fraction of sp³-hybridized carbons (Fsp3) is 0.182. The van der Waals surface area contributed by atoms with E-state index in [-0.39, 0.29) is 22.8 Å². The molecule has 1 heterocycles. The van der Waals surface area contributed by atoms with Crippen molar-refractivity contribution >= 4 is 11.5 Å². The van der Waals surface area contributed by atoms with E-state index in [1.165, 1.54) is 6.07 Å². The second-order valence-electron chi connectivity index (χ2n) is 3.68. The third kappa shape index (κ3) is 2.02. The molecule has 1 aromatic heterocycles. The Labute approximate surface area is 101 Å². The molecule has 0 atom stereocenters. The van der Waals surface area contributed by atoms with Crippen LogP contribution in [0.4, 0.5) is 15.9 Å². The van der Waals surface area contributed by atoms with E-state index in [2.05, 4.69) is 5.16 Å². The monoisotopic (exact) mass is 251 g/mol. The average molecular weight is 251 g/mol. The van der Waals surface area contributed by atoms with Gasteiger partial charge in [-0.25, -0.2) is 4.39 Å². The van der Waals surface area contributed by atoms with Gasteiger partial charge in [0.05, 0.1) is 11.0 Å². The Bertz CT molecular complexity index is 610. The van der Waals surface area contributed by atoms with Crippen molar-refractivity contribution in [3.05, 3.63) is 39.7 Å². The minimum atomic E-state index is -0.712. The van der Waals surface area contributed by atoms with Gasteiger partial charge < -0.3 is 10.3 Å². The number of benzene rings is 1. The molecule has 0 fully saturated rings. The molecule has 0 spiro atoms. The van der Waals surface area contributed by atoms with Gasteiger partial charge in [0, 0.05) is 17.2 Å². The molecular weight excluding hydrogens is 241 g/mol. The lowest BCUT2D eigenvalue weighted by Gasteiger charge is -2.00. The maximum Gasteiger partial charge on any atom is 0.273 e. The zero-order valence-corrected chi connectivity index (χ0v) is 9.51. The standard InChI is InChI=1S/C11H10FN3O3/c1-2-9-10(18-14-11(9)13)6-3-7(12)5-8(4-6)15(16)17/h3-5H,2H2,1H3,(H2,13,14). The Hall–Kier alpha value is -2.44. The van der Waals surface area contributed by atoms with Crippen molar-refractivity contribution in [3.63, 3.8) is 0 Å².